The first-order valence-electron chi connectivity index (χ1n) is 4.10. The van der Waals surface area contributed by atoms with Crippen LogP contribution in [0.1, 0.15) is 25.7 Å². The highest BCUT2D eigenvalue weighted by atomic mass is 16.3. The molecule has 0 bridgehead atoms. The number of aliphatic hydroxyl groups is 1. The molecule has 0 unspecified atom stereocenters. The zero-order chi connectivity index (χ0) is 7.40. The Labute approximate surface area is 62.8 Å². The zero-order valence-corrected chi connectivity index (χ0v) is 6.42. The zero-order valence-electron chi connectivity index (χ0n) is 6.42. The van der Waals surface area contributed by atoms with Gasteiger partial charge in [0, 0.05) is 6.61 Å². The summed E-state index contributed by atoms with van der Waals surface area (Å²) in [5.74, 6) is 1.29. The molecule has 0 aromatic rings. The molecule has 0 saturated heterocycles. The van der Waals surface area contributed by atoms with E-state index in [-0.39, 0.29) is 0 Å². The van der Waals surface area contributed by atoms with Gasteiger partial charge in [0.05, 0.1) is 0 Å². The molecule has 0 spiro atoms. The van der Waals surface area contributed by atoms with E-state index in [0.29, 0.717) is 12.5 Å². The van der Waals surface area contributed by atoms with E-state index in [9.17, 15) is 0 Å². The lowest BCUT2D eigenvalue weighted by Gasteiger charge is -2.14. The molecule has 1 aliphatic rings. The molecule has 1 N–H and O–H groups in total. The number of aliphatic hydroxyl groups excluding tert-OH is 1. The molecule has 10 heavy (non-hydrogen) atoms. The standard InChI is InChI=1S/C9H16O/c1-2-4-8-5-3-6-9(8)7-10/h2,8-10H,1,3-7H2/t8-,9-/m1/s1. The largest absolute Gasteiger partial charge is 0.396 e. The lowest BCUT2D eigenvalue weighted by Crippen LogP contribution is -2.10. The van der Waals surface area contributed by atoms with Gasteiger partial charge in [0.15, 0.2) is 0 Å². The van der Waals surface area contributed by atoms with Crippen LogP contribution in [0.5, 0.6) is 0 Å². The first kappa shape index (κ1) is 7.80. The van der Waals surface area contributed by atoms with Gasteiger partial charge in [-0.25, -0.2) is 0 Å². The summed E-state index contributed by atoms with van der Waals surface area (Å²) in [7, 11) is 0. The molecule has 0 aromatic heterocycles. The minimum absolute atomic E-state index is 0.374. The fourth-order valence-corrected chi connectivity index (χ4v) is 1.88. The van der Waals surface area contributed by atoms with Gasteiger partial charge < -0.3 is 5.11 Å². The molecule has 1 saturated carbocycles. The van der Waals surface area contributed by atoms with E-state index in [0.717, 1.165) is 12.3 Å². The molecule has 0 heterocycles. The van der Waals surface area contributed by atoms with E-state index in [2.05, 4.69) is 6.58 Å². The van der Waals surface area contributed by atoms with Crippen LogP contribution in [0.3, 0.4) is 0 Å². The van der Waals surface area contributed by atoms with Crippen molar-refractivity contribution in [3.63, 3.8) is 0 Å². The summed E-state index contributed by atoms with van der Waals surface area (Å²) in [6, 6.07) is 0. The fourth-order valence-electron chi connectivity index (χ4n) is 1.88. The topological polar surface area (TPSA) is 20.2 Å². The normalized spacial score (nSPS) is 32.5. The molecule has 0 radical (unpaired) electrons. The molecule has 1 heteroatoms. The maximum Gasteiger partial charge on any atom is 0.0462 e. The molecule has 58 valence electrons. The second kappa shape index (κ2) is 3.77. The molecule has 1 nitrogen and oxygen atoms in total. The quantitative estimate of drug-likeness (QED) is 0.594. The lowest BCUT2D eigenvalue weighted by atomic mass is 9.94. The third-order valence-electron chi connectivity index (χ3n) is 2.52. The Morgan fingerprint density at radius 3 is 2.70 bits per heavy atom. The van der Waals surface area contributed by atoms with Gasteiger partial charge in [0.2, 0.25) is 0 Å². The second-order valence-electron chi connectivity index (χ2n) is 3.16. The van der Waals surface area contributed by atoms with Crippen LogP contribution in [-0.4, -0.2) is 11.7 Å². The highest BCUT2D eigenvalue weighted by molar-refractivity contribution is 4.82. The summed E-state index contributed by atoms with van der Waals surface area (Å²) in [4.78, 5) is 0. The molecule has 0 aromatic carbocycles. The maximum atomic E-state index is 8.93. The minimum atomic E-state index is 0.374. The van der Waals surface area contributed by atoms with Gasteiger partial charge in [0.1, 0.15) is 0 Å². The molecular formula is C9H16O. The van der Waals surface area contributed by atoms with Crippen LogP contribution in [0.25, 0.3) is 0 Å². The predicted octanol–water partition coefficient (Wildman–Crippen LogP) is 1.97. The average molecular weight is 140 g/mol. The minimum Gasteiger partial charge on any atom is -0.396 e. The Hall–Kier alpha value is -0.300. The second-order valence-corrected chi connectivity index (χ2v) is 3.16. The third kappa shape index (κ3) is 1.60. The molecule has 1 rings (SSSR count). The highest BCUT2D eigenvalue weighted by Gasteiger charge is 2.24. The number of rotatable bonds is 3. The average Bonchev–Trinajstić information content (AvgIpc) is 2.36. The van der Waals surface area contributed by atoms with E-state index in [4.69, 9.17) is 5.11 Å². The summed E-state index contributed by atoms with van der Waals surface area (Å²) >= 11 is 0. The van der Waals surface area contributed by atoms with E-state index < -0.39 is 0 Å². The summed E-state index contributed by atoms with van der Waals surface area (Å²) in [6.45, 7) is 4.08. The third-order valence-corrected chi connectivity index (χ3v) is 2.52. The molecule has 0 aliphatic heterocycles. The fraction of sp³-hybridized carbons (Fsp3) is 0.778. The van der Waals surface area contributed by atoms with Crippen LogP contribution in [0.15, 0.2) is 12.7 Å². The van der Waals surface area contributed by atoms with Gasteiger partial charge in [-0.1, -0.05) is 12.5 Å². The SMILES string of the molecule is C=CC[C@@H]1CCC[C@@H]1CO. The van der Waals surface area contributed by atoms with E-state index >= 15 is 0 Å². The van der Waals surface area contributed by atoms with Crippen LogP contribution < -0.4 is 0 Å². The van der Waals surface area contributed by atoms with Crippen molar-refractivity contribution in [2.45, 2.75) is 25.7 Å². The number of hydrogen-bond acceptors (Lipinski definition) is 1. The Kier molecular flexibility index (Phi) is 2.94. The summed E-state index contributed by atoms with van der Waals surface area (Å²) in [6.07, 6.45) is 6.86. The van der Waals surface area contributed by atoms with Crippen molar-refractivity contribution in [3.05, 3.63) is 12.7 Å². The van der Waals surface area contributed by atoms with E-state index in [1.165, 1.54) is 19.3 Å². The number of hydrogen-bond donors (Lipinski definition) is 1. The van der Waals surface area contributed by atoms with Crippen molar-refractivity contribution >= 4 is 0 Å². The lowest BCUT2D eigenvalue weighted by molar-refractivity contribution is 0.195. The Balaban J connectivity index is 2.34. The van der Waals surface area contributed by atoms with Crippen LogP contribution in [0.2, 0.25) is 0 Å². The Morgan fingerprint density at radius 2 is 2.10 bits per heavy atom. The van der Waals surface area contributed by atoms with Gasteiger partial charge in [-0.2, -0.15) is 0 Å². The molecule has 0 amide bonds. The van der Waals surface area contributed by atoms with Crippen LogP contribution in [-0.2, 0) is 0 Å². The van der Waals surface area contributed by atoms with Gasteiger partial charge in [-0.3, -0.25) is 0 Å². The summed E-state index contributed by atoms with van der Waals surface area (Å²) in [5, 5.41) is 8.93. The van der Waals surface area contributed by atoms with Gasteiger partial charge in [0.25, 0.3) is 0 Å². The first-order valence-corrected chi connectivity index (χ1v) is 4.10. The van der Waals surface area contributed by atoms with Crippen LogP contribution in [0.4, 0.5) is 0 Å². The number of allylic oxidation sites excluding steroid dienone is 1. The molecular weight excluding hydrogens is 124 g/mol. The van der Waals surface area contributed by atoms with Crippen LogP contribution >= 0.6 is 0 Å². The Morgan fingerprint density at radius 1 is 1.40 bits per heavy atom. The summed E-state index contributed by atoms with van der Waals surface area (Å²) < 4.78 is 0. The molecule has 2 atom stereocenters. The van der Waals surface area contributed by atoms with Crippen molar-refractivity contribution in [1.82, 2.24) is 0 Å². The van der Waals surface area contributed by atoms with Crippen molar-refractivity contribution in [1.29, 1.82) is 0 Å². The van der Waals surface area contributed by atoms with Crippen molar-refractivity contribution in [3.8, 4) is 0 Å². The predicted molar refractivity (Wildman–Crippen MR) is 42.7 cm³/mol. The molecule has 1 fully saturated rings. The van der Waals surface area contributed by atoms with E-state index in [1.807, 2.05) is 6.08 Å². The van der Waals surface area contributed by atoms with Gasteiger partial charge >= 0.3 is 0 Å². The first-order chi connectivity index (χ1) is 4.88. The Bertz CT molecular complexity index is 109. The van der Waals surface area contributed by atoms with Crippen LogP contribution in [0, 0.1) is 11.8 Å². The van der Waals surface area contributed by atoms with E-state index in [1.54, 1.807) is 0 Å². The molecule has 1 aliphatic carbocycles. The van der Waals surface area contributed by atoms with Crippen molar-refractivity contribution in [2.75, 3.05) is 6.61 Å². The van der Waals surface area contributed by atoms with Gasteiger partial charge in [-0.05, 0) is 31.1 Å². The maximum absolute atomic E-state index is 8.93. The van der Waals surface area contributed by atoms with Crippen molar-refractivity contribution < 1.29 is 5.11 Å². The van der Waals surface area contributed by atoms with Crippen molar-refractivity contribution in [2.24, 2.45) is 11.8 Å². The summed E-state index contributed by atoms with van der Waals surface area (Å²) in [5.41, 5.74) is 0. The monoisotopic (exact) mass is 140 g/mol. The van der Waals surface area contributed by atoms with Gasteiger partial charge in [-0.15, -0.1) is 6.58 Å². The highest BCUT2D eigenvalue weighted by Crippen LogP contribution is 2.33. The smallest absolute Gasteiger partial charge is 0.0462 e.